The summed E-state index contributed by atoms with van der Waals surface area (Å²) in [5, 5.41) is 5.75. The molecule has 7 nitrogen and oxygen atoms in total. The predicted octanol–water partition coefficient (Wildman–Crippen LogP) is 3.03. The van der Waals surface area contributed by atoms with Gasteiger partial charge in [0.05, 0.1) is 12.8 Å². The van der Waals surface area contributed by atoms with Gasteiger partial charge in [0, 0.05) is 5.02 Å². The van der Waals surface area contributed by atoms with E-state index in [0.717, 1.165) is 11.3 Å². The van der Waals surface area contributed by atoms with Gasteiger partial charge in [-0.1, -0.05) is 25.4 Å². The van der Waals surface area contributed by atoms with Gasteiger partial charge in [0.2, 0.25) is 5.91 Å². The molecule has 4 amide bonds. The fourth-order valence-electron chi connectivity index (χ4n) is 2.75. The number of nitrogens with one attached hydrogen (secondary N) is 2. The van der Waals surface area contributed by atoms with Crippen LogP contribution in [-0.2, 0) is 9.59 Å². The maximum atomic E-state index is 12.6. The number of anilines is 1. The molecular weight excluding hydrogens is 358 g/mol. The molecule has 1 fully saturated rings. The molecule has 1 saturated heterocycles. The van der Waals surface area contributed by atoms with E-state index in [1.807, 2.05) is 13.8 Å². The SMILES string of the molecule is COc1ccc(Cl)cc1NC(=O)CN1C(=O)N[C@@](C)(CCC(C)C)C1=O. The topological polar surface area (TPSA) is 87.7 Å². The Morgan fingerprint density at radius 3 is 2.69 bits per heavy atom. The molecule has 8 heteroatoms. The Bertz CT molecular complexity index is 722. The van der Waals surface area contributed by atoms with Crippen molar-refractivity contribution in [2.24, 2.45) is 5.92 Å². The third-order valence-corrected chi connectivity index (χ3v) is 4.54. The smallest absolute Gasteiger partial charge is 0.325 e. The van der Waals surface area contributed by atoms with E-state index in [0.29, 0.717) is 28.8 Å². The second-order valence-electron chi connectivity index (χ2n) is 6.98. The zero-order chi connectivity index (χ0) is 19.5. The lowest BCUT2D eigenvalue weighted by atomic mass is 9.92. The molecule has 1 atom stereocenters. The van der Waals surface area contributed by atoms with Crippen LogP contribution in [0.3, 0.4) is 0 Å². The summed E-state index contributed by atoms with van der Waals surface area (Å²) in [6.07, 6.45) is 1.32. The highest BCUT2D eigenvalue weighted by molar-refractivity contribution is 6.31. The van der Waals surface area contributed by atoms with Crippen LogP contribution >= 0.6 is 11.6 Å². The fraction of sp³-hybridized carbons (Fsp3) is 0.500. The van der Waals surface area contributed by atoms with Crippen molar-refractivity contribution in [1.29, 1.82) is 0 Å². The molecule has 0 bridgehead atoms. The Hall–Kier alpha value is -2.28. The van der Waals surface area contributed by atoms with E-state index < -0.39 is 23.4 Å². The molecule has 0 unspecified atom stereocenters. The third kappa shape index (κ3) is 4.46. The van der Waals surface area contributed by atoms with Gasteiger partial charge in [-0.2, -0.15) is 0 Å². The van der Waals surface area contributed by atoms with Gasteiger partial charge in [0.1, 0.15) is 17.8 Å². The predicted molar refractivity (Wildman–Crippen MR) is 99.4 cm³/mol. The molecule has 2 N–H and O–H groups in total. The summed E-state index contributed by atoms with van der Waals surface area (Å²) >= 11 is 5.94. The molecule has 0 radical (unpaired) electrons. The Labute approximate surface area is 158 Å². The molecule has 26 heavy (non-hydrogen) atoms. The van der Waals surface area contributed by atoms with Crippen LogP contribution in [0.15, 0.2) is 18.2 Å². The molecule has 0 saturated carbocycles. The normalized spacial score (nSPS) is 19.7. The van der Waals surface area contributed by atoms with Crippen molar-refractivity contribution in [2.45, 2.75) is 39.2 Å². The van der Waals surface area contributed by atoms with Crippen LogP contribution in [0, 0.1) is 5.92 Å². The Morgan fingerprint density at radius 2 is 2.08 bits per heavy atom. The van der Waals surface area contributed by atoms with Gasteiger partial charge >= 0.3 is 6.03 Å². The van der Waals surface area contributed by atoms with Crippen molar-refractivity contribution in [3.05, 3.63) is 23.2 Å². The van der Waals surface area contributed by atoms with E-state index >= 15 is 0 Å². The zero-order valence-electron chi connectivity index (χ0n) is 15.4. The van der Waals surface area contributed by atoms with E-state index in [9.17, 15) is 14.4 Å². The quantitative estimate of drug-likeness (QED) is 0.710. The van der Waals surface area contributed by atoms with Gasteiger partial charge in [-0.25, -0.2) is 4.79 Å². The number of amides is 4. The lowest BCUT2D eigenvalue weighted by molar-refractivity contribution is -0.133. The summed E-state index contributed by atoms with van der Waals surface area (Å²) in [5.41, 5.74) is -0.602. The lowest BCUT2D eigenvalue weighted by Crippen LogP contribution is -2.44. The van der Waals surface area contributed by atoms with E-state index in [4.69, 9.17) is 16.3 Å². The molecule has 2 rings (SSSR count). The number of nitrogens with zero attached hydrogens (tertiary/aromatic N) is 1. The van der Waals surface area contributed by atoms with Crippen molar-refractivity contribution < 1.29 is 19.1 Å². The Kier molecular flexibility index (Phi) is 6.13. The maximum absolute atomic E-state index is 12.6. The van der Waals surface area contributed by atoms with E-state index in [2.05, 4.69) is 10.6 Å². The van der Waals surface area contributed by atoms with Crippen molar-refractivity contribution in [3.63, 3.8) is 0 Å². The first-order valence-corrected chi connectivity index (χ1v) is 8.81. The molecule has 1 aromatic carbocycles. The van der Waals surface area contributed by atoms with Crippen LogP contribution < -0.4 is 15.4 Å². The van der Waals surface area contributed by atoms with E-state index in [1.54, 1.807) is 19.1 Å². The minimum Gasteiger partial charge on any atom is -0.495 e. The molecule has 0 spiro atoms. The van der Waals surface area contributed by atoms with Gasteiger partial charge in [-0.15, -0.1) is 0 Å². The van der Waals surface area contributed by atoms with Gasteiger partial charge in [-0.3, -0.25) is 14.5 Å². The minimum atomic E-state index is -0.977. The summed E-state index contributed by atoms with van der Waals surface area (Å²) < 4.78 is 5.17. The van der Waals surface area contributed by atoms with Crippen LogP contribution in [-0.4, -0.2) is 41.9 Å². The van der Waals surface area contributed by atoms with Crippen molar-refractivity contribution in [1.82, 2.24) is 10.2 Å². The van der Waals surface area contributed by atoms with E-state index in [1.165, 1.54) is 13.2 Å². The highest BCUT2D eigenvalue weighted by atomic mass is 35.5. The standard InChI is InChI=1S/C18H24ClN3O4/c1-11(2)7-8-18(3)16(24)22(17(25)21-18)10-15(23)20-13-9-12(19)5-6-14(13)26-4/h5-6,9,11H,7-8,10H2,1-4H3,(H,20,23)(H,21,25)/t18-/m0/s1. The molecule has 0 aliphatic carbocycles. The highest BCUT2D eigenvalue weighted by Crippen LogP contribution is 2.28. The monoisotopic (exact) mass is 381 g/mol. The minimum absolute atomic E-state index is 0.375. The highest BCUT2D eigenvalue weighted by Gasteiger charge is 2.47. The Balaban J connectivity index is 2.06. The van der Waals surface area contributed by atoms with Crippen LogP contribution in [0.5, 0.6) is 5.75 Å². The second-order valence-corrected chi connectivity index (χ2v) is 7.42. The van der Waals surface area contributed by atoms with Gasteiger partial charge in [0.15, 0.2) is 0 Å². The molecule has 1 aliphatic heterocycles. The first-order chi connectivity index (χ1) is 12.2. The molecule has 0 aromatic heterocycles. The Morgan fingerprint density at radius 1 is 1.38 bits per heavy atom. The molecular formula is C18H24ClN3O4. The summed E-state index contributed by atoms with van der Waals surface area (Å²) in [6.45, 7) is 5.41. The number of ether oxygens (including phenoxy) is 1. The first-order valence-electron chi connectivity index (χ1n) is 8.44. The fourth-order valence-corrected chi connectivity index (χ4v) is 2.92. The van der Waals surface area contributed by atoms with Crippen molar-refractivity contribution in [2.75, 3.05) is 19.0 Å². The number of rotatable bonds is 7. The number of hydrogen-bond acceptors (Lipinski definition) is 4. The number of carbonyl (C=O) groups is 3. The van der Waals surface area contributed by atoms with Gasteiger partial charge in [0.25, 0.3) is 5.91 Å². The summed E-state index contributed by atoms with van der Waals surface area (Å²) in [7, 11) is 1.47. The largest absolute Gasteiger partial charge is 0.495 e. The number of methoxy groups -OCH3 is 1. The number of benzene rings is 1. The maximum Gasteiger partial charge on any atom is 0.325 e. The number of halogens is 1. The first kappa shape index (κ1) is 20.0. The molecule has 1 aromatic rings. The molecule has 142 valence electrons. The molecule has 1 heterocycles. The molecule has 1 aliphatic rings. The van der Waals surface area contributed by atoms with Crippen molar-refractivity contribution in [3.8, 4) is 5.75 Å². The zero-order valence-corrected chi connectivity index (χ0v) is 16.1. The van der Waals surface area contributed by atoms with Crippen LogP contribution in [0.25, 0.3) is 0 Å². The number of carbonyl (C=O) groups excluding carboxylic acids is 3. The summed E-state index contributed by atoms with van der Waals surface area (Å²) in [5.74, 6) is -0.0653. The van der Waals surface area contributed by atoms with E-state index in [-0.39, 0.29) is 6.54 Å². The number of hydrogen-bond donors (Lipinski definition) is 2. The summed E-state index contributed by atoms with van der Waals surface area (Å²) in [6, 6.07) is 4.23. The summed E-state index contributed by atoms with van der Waals surface area (Å²) in [4.78, 5) is 38.1. The number of imide groups is 1. The second kappa shape index (κ2) is 7.95. The third-order valence-electron chi connectivity index (χ3n) is 4.30. The number of urea groups is 1. The van der Waals surface area contributed by atoms with Gasteiger partial charge in [-0.05, 0) is 43.9 Å². The average molecular weight is 382 g/mol. The lowest BCUT2D eigenvalue weighted by Gasteiger charge is -2.22. The van der Waals surface area contributed by atoms with Crippen molar-refractivity contribution >= 4 is 35.1 Å². The van der Waals surface area contributed by atoms with Crippen LogP contribution in [0.2, 0.25) is 5.02 Å². The van der Waals surface area contributed by atoms with Crippen LogP contribution in [0.1, 0.15) is 33.6 Å². The van der Waals surface area contributed by atoms with Gasteiger partial charge < -0.3 is 15.4 Å². The van der Waals surface area contributed by atoms with Crippen LogP contribution in [0.4, 0.5) is 10.5 Å². The average Bonchev–Trinajstić information content (AvgIpc) is 2.77.